The number of aryl methyl sites for hydroxylation is 2. The summed E-state index contributed by atoms with van der Waals surface area (Å²) in [4.78, 5) is 0.985. The second kappa shape index (κ2) is 5.94. The van der Waals surface area contributed by atoms with Crippen molar-refractivity contribution in [2.75, 3.05) is 0 Å². The van der Waals surface area contributed by atoms with Crippen LogP contribution < -0.4 is 5.84 Å². The SMILES string of the molecule is CC(=NN)c1ccc(S)c(-c2ccc3c(c2)CCCC3)c1. The summed E-state index contributed by atoms with van der Waals surface area (Å²) in [5, 5.41) is 3.79. The van der Waals surface area contributed by atoms with E-state index in [-0.39, 0.29) is 0 Å². The van der Waals surface area contributed by atoms with E-state index in [0.29, 0.717) is 0 Å². The summed E-state index contributed by atoms with van der Waals surface area (Å²) in [6, 6.07) is 12.9. The molecular weight excluding hydrogens is 276 g/mol. The Morgan fingerprint density at radius 3 is 2.57 bits per heavy atom. The first kappa shape index (κ1) is 14.2. The van der Waals surface area contributed by atoms with E-state index in [1.165, 1.54) is 42.4 Å². The number of nitrogens with zero attached hydrogens (tertiary/aromatic N) is 1. The summed E-state index contributed by atoms with van der Waals surface area (Å²) >= 11 is 4.61. The topological polar surface area (TPSA) is 38.4 Å². The number of benzene rings is 2. The third-order valence-corrected chi connectivity index (χ3v) is 4.66. The van der Waals surface area contributed by atoms with Crippen molar-refractivity contribution in [2.45, 2.75) is 37.5 Å². The van der Waals surface area contributed by atoms with Crippen molar-refractivity contribution in [3.8, 4) is 11.1 Å². The number of thiol groups is 1. The van der Waals surface area contributed by atoms with Crippen LogP contribution >= 0.6 is 12.6 Å². The molecule has 2 aromatic rings. The molecule has 2 aromatic carbocycles. The van der Waals surface area contributed by atoms with Crippen molar-refractivity contribution >= 4 is 18.3 Å². The van der Waals surface area contributed by atoms with Crippen molar-refractivity contribution < 1.29 is 0 Å². The lowest BCUT2D eigenvalue weighted by atomic mass is 9.89. The Bertz CT molecular complexity index is 704. The lowest BCUT2D eigenvalue weighted by molar-refractivity contribution is 0.686. The van der Waals surface area contributed by atoms with Crippen LogP contribution in [0.25, 0.3) is 11.1 Å². The molecule has 0 saturated heterocycles. The van der Waals surface area contributed by atoms with Gasteiger partial charge in [0, 0.05) is 4.90 Å². The van der Waals surface area contributed by atoms with Crippen molar-refractivity contribution in [3.05, 3.63) is 53.1 Å². The highest BCUT2D eigenvalue weighted by atomic mass is 32.1. The van der Waals surface area contributed by atoms with Crippen molar-refractivity contribution in [1.29, 1.82) is 0 Å². The average Bonchev–Trinajstić information content (AvgIpc) is 2.54. The number of nitrogens with two attached hydrogens (primary N) is 1. The van der Waals surface area contributed by atoms with E-state index in [9.17, 15) is 0 Å². The second-order valence-electron chi connectivity index (χ2n) is 5.64. The molecule has 0 spiro atoms. The summed E-state index contributed by atoms with van der Waals surface area (Å²) in [6.07, 6.45) is 5.01. The van der Waals surface area contributed by atoms with E-state index in [4.69, 9.17) is 5.84 Å². The van der Waals surface area contributed by atoms with Crippen LogP contribution in [0.1, 0.15) is 36.5 Å². The van der Waals surface area contributed by atoms with Gasteiger partial charge in [0.15, 0.2) is 0 Å². The first-order valence-corrected chi connectivity index (χ1v) is 7.84. The van der Waals surface area contributed by atoms with Gasteiger partial charge in [0.05, 0.1) is 5.71 Å². The van der Waals surface area contributed by atoms with Gasteiger partial charge in [-0.3, -0.25) is 0 Å². The number of hydrazone groups is 1. The van der Waals surface area contributed by atoms with Gasteiger partial charge in [0.2, 0.25) is 0 Å². The zero-order valence-corrected chi connectivity index (χ0v) is 13.2. The van der Waals surface area contributed by atoms with E-state index in [2.05, 4.69) is 42.0 Å². The molecule has 21 heavy (non-hydrogen) atoms. The summed E-state index contributed by atoms with van der Waals surface area (Å²) in [7, 11) is 0. The molecule has 0 fully saturated rings. The van der Waals surface area contributed by atoms with E-state index in [1.54, 1.807) is 0 Å². The highest BCUT2D eigenvalue weighted by Gasteiger charge is 2.12. The highest BCUT2D eigenvalue weighted by molar-refractivity contribution is 7.80. The van der Waals surface area contributed by atoms with Gasteiger partial charge >= 0.3 is 0 Å². The molecule has 0 saturated carbocycles. The van der Waals surface area contributed by atoms with Crippen molar-refractivity contribution in [2.24, 2.45) is 10.9 Å². The highest BCUT2D eigenvalue weighted by Crippen LogP contribution is 2.31. The summed E-state index contributed by atoms with van der Waals surface area (Å²) in [6.45, 7) is 1.92. The van der Waals surface area contributed by atoms with E-state index < -0.39 is 0 Å². The Hall–Kier alpha value is -1.74. The fraction of sp³-hybridized carbons (Fsp3) is 0.278. The summed E-state index contributed by atoms with van der Waals surface area (Å²) in [5.41, 5.74) is 7.24. The van der Waals surface area contributed by atoms with Gasteiger partial charge in [-0.15, -0.1) is 12.6 Å². The van der Waals surface area contributed by atoms with Gasteiger partial charge in [-0.05, 0) is 72.6 Å². The van der Waals surface area contributed by atoms with Crippen molar-refractivity contribution in [1.82, 2.24) is 0 Å². The van der Waals surface area contributed by atoms with E-state index in [1.807, 2.05) is 19.1 Å². The Labute approximate surface area is 131 Å². The zero-order valence-electron chi connectivity index (χ0n) is 12.3. The predicted octanol–water partition coefficient (Wildman–Crippen LogP) is 4.20. The van der Waals surface area contributed by atoms with Crippen LogP contribution in [0.3, 0.4) is 0 Å². The van der Waals surface area contributed by atoms with Gasteiger partial charge in [0.1, 0.15) is 0 Å². The Morgan fingerprint density at radius 2 is 1.81 bits per heavy atom. The maximum atomic E-state index is 5.39. The smallest absolute Gasteiger partial charge is 0.0642 e. The molecule has 0 radical (unpaired) electrons. The van der Waals surface area contributed by atoms with Crippen molar-refractivity contribution in [3.63, 3.8) is 0 Å². The summed E-state index contributed by atoms with van der Waals surface area (Å²) in [5.74, 6) is 5.39. The average molecular weight is 296 g/mol. The first-order chi connectivity index (χ1) is 10.2. The van der Waals surface area contributed by atoms with Gasteiger partial charge in [-0.2, -0.15) is 5.10 Å². The predicted molar refractivity (Wildman–Crippen MR) is 92.2 cm³/mol. The standard InChI is InChI=1S/C18H20N2S/c1-12(20-19)14-8-9-18(21)17(11-14)16-7-6-13-4-2-3-5-15(13)10-16/h6-11,21H,2-5,19H2,1H3. The molecule has 2 nitrogen and oxygen atoms in total. The number of hydrogen-bond acceptors (Lipinski definition) is 3. The van der Waals surface area contributed by atoms with Crippen LogP contribution in [0, 0.1) is 0 Å². The second-order valence-corrected chi connectivity index (χ2v) is 6.12. The zero-order chi connectivity index (χ0) is 14.8. The molecule has 0 aromatic heterocycles. The maximum absolute atomic E-state index is 5.39. The molecule has 3 rings (SSSR count). The molecule has 0 aliphatic heterocycles. The molecule has 1 aliphatic carbocycles. The quantitative estimate of drug-likeness (QED) is 0.370. The minimum Gasteiger partial charge on any atom is -0.323 e. The summed E-state index contributed by atoms with van der Waals surface area (Å²) < 4.78 is 0. The minimum absolute atomic E-state index is 0.836. The molecule has 0 unspecified atom stereocenters. The number of fused-ring (bicyclic) bond motifs is 1. The molecule has 3 heteroatoms. The molecule has 0 amide bonds. The van der Waals surface area contributed by atoms with E-state index >= 15 is 0 Å². The fourth-order valence-corrected chi connectivity index (χ4v) is 3.24. The normalized spacial score (nSPS) is 14.9. The van der Waals surface area contributed by atoms with Crippen LogP contribution in [-0.2, 0) is 12.8 Å². The van der Waals surface area contributed by atoms with Crippen LogP contribution in [0.15, 0.2) is 46.4 Å². The van der Waals surface area contributed by atoms with Gasteiger partial charge in [0.25, 0.3) is 0 Å². The van der Waals surface area contributed by atoms with Crippen LogP contribution in [0.4, 0.5) is 0 Å². The molecule has 108 valence electrons. The van der Waals surface area contributed by atoms with Gasteiger partial charge in [-0.1, -0.05) is 24.3 Å². The third-order valence-electron chi connectivity index (χ3n) is 4.27. The van der Waals surface area contributed by atoms with Crippen LogP contribution in [0.2, 0.25) is 0 Å². The number of rotatable bonds is 2. The molecular formula is C18H20N2S. The monoisotopic (exact) mass is 296 g/mol. The maximum Gasteiger partial charge on any atom is 0.0642 e. The Morgan fingerprint density at radius 1 is 1.05 bits per heavy atom. The van der Waals surface area contributed by atoms with Crippen LogP contribution in [0.5, 0.6) is 0 Å². The molecule has 0 bridgehead atoms. The molecule has 0 atom stereocenters. The lowest BCUT2D eigenvalue weighted by Gasteiger charge is -2.17. The number of hydrogen-bond donors (Lipinski definition) is 2. The molecule has 2 N–H and O–H groups in total. The van der Waals surface area contributed by atoms with E-state index in [0.717, 1.165) is 21.7 Å². The van der Waals surface area contributed by atoms with Crippen LogP contribution in [-0.4, -0.2) is 5.71 Å². The first-order valence-electron chi connectivity index (χ1n) is 7.39. The Kier molecular flexibility index (Phi) is 4.02. The largest absolute Gasteiger partial charge is 0.323 e. The minimum atomic E-state index is 0.836. The lowest BCUT2D eigenvalue weighted by Crippen LogP contribution is -2.03. The molecule has 1 aliphatic rings. The third kappa shape index (κ3) is 2.84. The molecule has 0 heterocycles. The Balaban J connectivity index is 2.07. The fourth-order valence-electron chi connectivity index (χ4n) is 2.97. The van der Waals surface area contributed by atoms with Gasteiger partial charge in [-0.25, -0.2) is 0 Å². The van der Waals surface area contributed by atoms with Gasteiger partial charge < -0.3 is 5.84 Å².